The molecule has 2 aliphatic heterocycles. The highest BCUT2D eigenvalue weighted by molar-refractivity contribution is 6.05. The van der Waals surface area contributed by atoms with Crippen LogP contribution in [0.1, 0.15) is 46.4 Å². The number of hydrogen-bond acceptors (Lipinski definition) is 6. The predicted octanol–water partition coefficient (Wildman–Crippen LogP) is 4.11. The van der Waals surface area contributed by atoms with Gasteiger partial charge in [0.2, 0.25) is 0 Å². The Hall–Kier alpha value is -4.90. The van der Waals surface area contributed by atoms with Crippen molar-refractivity contribution >= 4 is 40.2 Å². The summed E-state index contributed by atoms with van der Waals surface area (Å²) in [6.45, 7) is 2.43. The summed E-state index contributed by atoms with van der Waals surface area (Å²) in [5.41, 5.74) is 4.44. The average Bonchev–Trinajstić information content (AvgIpc) is 3.45. The number of carbonyl (C=O) groups is 3. The number of hydrogen-bond donors (Lipinski definition) is 4. The highest BCUT2D eigenvalue weighted by Gasteiger charge is 2.24. The molecule has 0 aliphatic carbocycles. The van der Waals surface area contributed by atoms with E-state index in [1.54, 1.807) is 23.0 Å². The van der Waals surface area contributed by atoms with Crippen molar-refractivity contribution < 1.29 is 24.6 Å². The van der Waals surface area contributed by atoms with Crippen LogP contribution >= 0.6 is 0 Å². The number of aliphatic hydroxyl groups excluding tert-OH is 1. The molecule has 11 nitrogen and oxygen atoms in total. The summed E-state index contributed by atoms with van der Waals surface area (Å²) in [6, 6.07) is 20.2. The van der Waals surface area contributed by atoms with Gasteiger partial charge in [-0.05, 0) is 92.4 Å². The van der Waals surface area contributed by atoms with Crippen LogP contribution in [0.15, 0.2) is 72.9 Å². The number of rotatable bonds is 6. The first-order chi connectivity index (χ1) is 20.8. The van der Waals surface area contributed by atoms with Crippen molar-refractivity contribution in [1.29, 1.82) is 0 Å². The van der Waals surface area contributed by atoms with Gasteiger partial charge in [0, 0.05) is 60.1 Å². The first kappa shape index (κ1) is 28.2. The van der Waals surface area contributed by atoms with Gasteiger partial charge in [0.1, 0.15) is 0 Å². The zero-order chi connectivity index (χ0) is 29.9. The van der Waals surface area contributed by atoms with Crippen molar-refractivity contribution in [2.75, 3.05) is 36.4 Å². The average molecular weight is 583 g/mol. The highest BCUT2D eigenvalue weighted by atomic mass is 16.4. The third kappa shape index (κ3) is 6.31. The maximum Gasteiger partial charge on any atom is 0.407 e. The molecular formula is C32H34N6O5. The van der Waals surface area contributed by atoms with E-state index in [2.05, 4.69) is 20.6 Å². The number of amides is 3. The molecule has 4 N–H and O–H groups in total. The summed E-state index contributed by atoms with van der Waals surface area (Å²) in [7, 11) is 0. The number of nitrogens with one attached hydrogen (secondary N) is 2. The minimum Gasteiger partial charge on any atom is -0.465 e. The van der Waals surface area contributed by atoms with Crippen LogP contribution in [0.3, 0.4) is 0 Å². The lowest BCUT2D eigenvalue weighted by Crippen LogP contribution is -2.46. The van der Waals surface area contributed by atoms with Crippen LogP contribution in [-0.4, -0.2) is 81.1 Å². The highest BCUT2D eigenvalue weighted by Crippen LogP contribution is 2.24. The van der Waals surface area contributed by atoms with E-state index in [1.807, 2.05) is 54.6 Å². The van der Waals surface area contributed by atoms with Gasteiger partial charge < -0.3 is 30.6 Å². The van der Waals surface area contributed by atoms with Gasteiger partial charge in [-0.15, -0.1) is 0 Å². The van der Waals surface area contributed by atoms with E-state index in [9.17, 15) is 19.5 Å². The Kier molecular flexibility index (Phi) is 7.97. The zero-order valence-electron chi connectivity index (χ0n) is 23.6. The van der Waals surface area contributed by atoms with Crippen molar-refractivity contribution in [3.63, 3.8) is 0 Å². The smallest absolute Gasteiger partial charge is 0.407 e. The van der Waals surface area contributed by atoms with Crippen LogP contribution in [-0.2, 0) is 0 Å². The van der Waals surface area contributed by atoms with Crippen molar-refractivity contribution in [1.82, 2.24) is 20.0 Å². The van der Waals surface area contributed by atoms with Crippen molar-refractivity contribution in [2.45, 2.75) is 37.8 Å². The molecule has 3 aromatic carbocycles. The molecule has 0 unspecified atom stereocenters. The van der Waals surface area contributed by atoms with E-state index in [0.717, 1.165) is 48.2 Å². The van der Waals surface area contributed by atoms with Crippen LogP contribution in [0.25, 0.3) is 16.6 Å². The van der Waals surface area contributed by atoms with E-state index in [0.29, 0.717) is 42.7 Å². The normalized spacial score (nSPS) is 16.3. The molecule has 1 aromatic heterocycles. The molecule has 0 atom stereocenters. The minimum absolute atomic E-state index is 0.0534. The number of fused-ring (bicyclic) bond motifs is 1. The Balaban J connectivity index is 1.07. The van der Waals surface area contributed by atoms with Gasteiger partial charge in [0.25, 0.3) is 11.8 Å². The summed E-state index contributed by atoms with van der Waals surface area (Å²) in [4.78, 5) is 40.4. The summed E-state index contributed by atoms with van der Waals surface area (Å²) in [6.07, 6.45) is 3.27. The number of benzene rings is 3. The van der Waals surface area contributed by atoms with Gasteiger partial charge in [0.05, 0.1) is 23.5 Å². The summed E-state index contributed by atoms with van der Waals surface area (Å²) in [5.74, 6) is -0.388. The fourth-order valence-electron chi connectivity index (χ4n) is 5.71. The number of anilines is 2. The lowest BCUT2D eigenvalue weighted by Gasteiger charge is -2.31. The number of aromatic nitrogens is 2. The SMILES string of the molecule is O=C(Nc1ccc2c(cnn2-c2ccc(C(=O)NC3CCN(C(=O)O)CC3)cc2)c1)c1ccc(N2CCC(O)CC2)cc1. The zero-order valence-corrected chi connectivity index (χ0v) is 23.6. The molecule has 0 radical (unpaired) electrons. The van der Waals surface area contributed by atoms with E-state index < -0.39 is 6.09 Å². The fourth-order valence-corrected chi connectivity index (χ4v) is 5.71. The lowest BCUT2D eigenvalue weighted by molar-refractivity contribution is 0.0906. The quantitative estimate of drug-likeness (QED) is 0.268. The number of nitrogens with zero attached hydrogens (tertiary/aromatic N) is 4. The van der Waals surface area contributed by atoms with Gasteiger partial charge in [-0.2, -0.15) is 5.10 Å². The van der Waals surface area contributed by atoms with Crippen molar-refractivity contribution in [2.24, 2.45) is 0 Å². The van der Waals surface area contributed by atoms with Gasteiger partial charge in [-0.25, -0.2) is 9.48 Å². The van der Waals surface area contributed by atoms with Gasteiger partial charge in [-0.1, -0.05) is 0 Å². The monoisotopic (exact) mass is 582 g/mol. The maximum atomic E-state index is 12.9. The number of carboxylic acid groups (broad SMARTS) is 1. The fraction of sp³-hybridized carbons (Fsp3) is 0.312. The molecule has 0 bridgehead atoms. The van der Waals surface area contributed by atoms with Crippen LogP contribution in [0, 0.1) is 0 Å². The Morgan fingerprint density at radius 1 is 0.767 bits per heavy atom. The number of carbonyl (C=O) groups excluding carboxylic acids is 2. The van der Waals surface area contributed by atoms with E-state index in [1.165, 1.54) is 4.90 Å². The second-order valence-corrected chi connectivity index (χ2v) is 11.1. The first-order valence-electron chi connectivity index (χ1n) is 14.6. The van der Waals surface area contributed by atoms with Crippen molar-refractivity contribution in [3.8, 4) is 5.69 Å². The molecule has 2 aliphatic rings. The summed E-state index contributed by atoms with van der Waals surface area (Å²) >= 11 is 0. The molecule has 2 fully saturated rings. The van der Waals surface area contributed by atoms with Crippen molar-refractivity contribution in [3.05, 3.63) is 84.1 Å². The van der Waals surface area contributed by atoms with Gasteiger partial charge >= 0.3 is 6.09 Å². The third-order valence-electron chi connectivity index (χ3n) is 8.26. The molecule has 4 aromatic rings. The van der Waals surface area contributed by atoms with Crippen LogP contribution in [0.5, 0.6) is 0 Å². The number of aliphatic hydroxyl groups is 1. The molecule has 3 amide bonds. The Labute approximate surface area is 248 Å². The summed E-state index contributed by atoms with van der Waals surface area (Å²) in [5, 5.41) is 30.2. The third-order valence-corrected chi connectivity index (χ3v) is 8.26. The second kappa shape index (κ2) is 12.1. The Morgan fingerprint density at radius 3 is 2.05 bits per heavy atom. The molecule has 3 heterocycles. The lowest BCUT2D eigenvalue weighted by atomic mass is 10.0. The Bertz CT molecular complexity index is 1620. The topological polar surface area (TPSA) is 140 Å². The molecule has 2 saturated heterocycles. The van der Waals surface area contributed by atoms with Crippen LogP contribution in [0.4, 0.5) is 16.2 Å². The molecular weight excluding hydrogens is 548 g/mol. The molecule has 43 heavy (non-hydrogen) atoms. The van der Waals surface area contributed by atoms with E-state index in [4.69, 9.17) is 5.11 Å². The largest absolute Gasteiger partial charge is 0.465 e. The van der Waals surface area contributed by atoms with Crippen LogP contribution < -0.4 is 15.5 Å². The molecule has 222 valence electrons. The standard InChI is InChI=1S/C32H34N6O5/c39-28-13-17-36(18-14-28)26-6-1-21(2-7-26)31(41)35-25-5-10-29-23(19-25)20-33-38(29)27-8-3-22(4-9-27)30(40)34-24-11-15-37(16-12-24)32(42)43/h1-10,19-20,24,28,39H,11-18H2,(H,34,40)(H,35,41)(H,42,43). The van der Waals surface area contributed by atoms with Gasteiger partial charge in [-0.3, -0.25) is 9.59 Å². The summed E-state index contributed by atoms with van der Waals surface area (Å²) < 4.78 is 1.78. The van der Waals surface area contributed by atoms with E-state index in [-0.39, 0.29) is 24.0 Å². The molecule has 6 rings (SSSR count). The van der Waals surface area contributed by atoms with Crippen LogP contribution in [0.2, 0.25) is 0 Å². The first-order valence-corrected chi connectivity index (χ1v) is 14.6. The second-order valence-electron chi connectivity index (χ2n) is 11.1. The maximum absolute atomic E-state index is 12.9. The number of likely N-dealkylation sites (tertiary alicyclic amines) is 1. The molecule has 0 spiro atoms. The van der Waals surface area contributed by atoms with E-state index >= 15 is 0 Å². The Morgan fingerprint density at radius 2 is 1.40 bits per heavy atom. The molecule has 0 saturated carbocycles. The van der Waals surface area contributed by atoms with Gasteiger partial charge in [0.15, 0.2) is 0 Å². The number of piperidine rings is 2. The molecule has 11 heteroatoms. The predicted molar refractivity (Wildman–Crippen MR) is 163 cm³/mol. The minimum atomic E-state index is -0.926.